The number of benzene rings is 2. The lowest BCUT2D eigenvalue weighted by Crippen LogP contribution is -2.33. The van der Waals surface area contributed by atoms with Gasteiger partial charge in [-0.05, 0) is 37.1 Å². The Hall–Kier alpha value is -2.94. The van der Waals surface area contributed by atoms with Crippen molar-refractivity contribution in [3.8, 4) is 0 Å². The molecule has 0 aliphatic carbocycles. The second-order valence-electron chi connectivity index (χ2n) is 5.98. The van der Waals surface area contributed by atoms with Crippen LogP contribution in [0.25, 0.3) is 10.2 Å². The van der Waals surface area contributed by atoms with Gasteiger partial charge in [0.05, 0.1) is 27.5 Å². The number of aromatic nitrogens is 1. The molecule has 0 unspecified atom stereocenters. The van der Waals surface area contributed by atoms with Crippen molar-refractivity contribution >= 4 is 39.1 Å². The van der Waals surface area contributed by atoms with Crippen LogP contribution >= 0.6 is 11.3 Å². The van der Waals surface area contributed by atoms with E-state index in [0.29, 0.717) is 18.9 Å². The van der Waals surface area contributed by atoms with Gasteiger partial charge in [-0.15, -0.1) is 11.3 Å². The van der Waals surface area contributed by atoms with Gasteiger partial charge < -0.3 is 10.6 Å². The Labute approximate surface area is 162 Å². The maximum Gasteiger partial charge on any atom is 0.243 e. The summed E-state index contributed by atoms with van der Waals surface area (Å²) in [6.45, 7) is -0.404. The van der Waals surface area contributed by atoms with Crippen LogP contribution in [0.15, 0.2) is 36.4 Å². The molecule has 0 radical (unpaired) electrons. The SMILES string of the molecule is O=C(CCCc1nc2ccccc2s1)NCC(=O)Nc1ccc(F)c(F)c1F. The quantitative estimate of drug-likeness (QED) is 0.586. The molecule has 0 saturated heterocycles. The number of amides is 2. The molecule has 3 rings (SSSR count). The summed E-state index contributed by atoms with van der Waals surface area (Å²) in [7, 11) is 0. The topological polar surface area (TPSA) is 71.1 Å². The number of thiazole rings is 1. The maximum absolute atomic E-state index is 13.5. The zero-order valence-electron chi connectivity index (χ0n) is 14.6. The molecule has 2 aromatic carbocycles. The summed E-state index contributed by atoms with van der Waals surface area (Å²) in [5.74, 6) is -5.60. The zero-order valence-corrected chi connectivity index (χ0v) is 15.4. The highest BCUT2D eigenvalue weighted by Crippen LogP contribution is 2.22. The number of hydrogen-bond acceptors (Lipinski definition) is 4. The van der Waals surface area contributed by atoms with Gasteiger partial charge in [0.25, 0.3) is 0 Å². The van der Waals surface area contributed by atoms with Crippen LogP contribution in [0.1, 0.15) is 17.8 Å². The highest BCUT2D eigenvalue weighted by molar-refractivity contribution is 7.18. The number of nitrogens with one attached hydrogen (secondary N) is 2. The molecule has 0 saturated carbocycles. The van der Waals surface area contributed by atoms with Crippen LogP contribution in [-0.4, -0.2) is 23.3 Å². The van der Waals surface area contributed by atoms with Gasteiger partial charge in [0.2, 0.25) is 11.8 Å². The van der Waals surface area contributed by atoms with Gasteiger partial charge in [-0.2, -0.15) is 0 Å². The monoisotopic (exact) mass is 407 g/mol. The lowest BCUT2D eigenvalue weighted by Gasteiger charge is -2.08. The number of fused-ring (bicyclic) bond motifs is 1. The molecule has 28 heavy (non-hydrogen) atoms. The van der Waals surface area contributed by atoms with E-state index in [1.807, 2.05) is 24.3 Å². The number of rotatable bonds is 7. The molecule has 0 bridgehead atoms. The van der Waals surface area contributed by atoms with Crippen LogP contribution in [0.4, 0.5) is 18.9 Å². The van der Waals surface area contributed by atoms with Gasteiger partial charge in [0.15, 0.2) is 17.5 Å². The van der Waals surface area contributed by atoms with Crippen molar-refractivity contribution < 1.29 is 22.8 Å². The number of aryl methyl sites for hydroxylation is 1. The third kappa shape index (κ3) is 4.86. The lowest BCUT2D eigenvalue weighted by molar-refractivity contribution is -0.124. The van der Waals surface area contributed by atoms with Crippen LogP contribution in [-0.2, 0) is 16.0 Å². The van der Waals surface area contributed by atoms with E-state index in [9.17, 15) is 22.8 Å². The van der Waals surface area contributed by atoms with Crippen molar-refractivity contribution in [2.75, 3.05) is 11.9 Å². The van der Waals surface area contributed by atoms with Crippen LogP contribution in [0.2, 0.25) is 0 Å². The van der Waals surface area contributed by atoms with Crippen molar-refractivity contribution in [1.29, 1.82) is 0 Å². The first kappa shape index (κ1) is 19.8. The van der Waals surface area contributed by atoms with E-state index in [1.54, 1.807) is 11.3 Å². The standard InChI is InChI=1S/C19H16F3N3O2S/c20-11-8-9-13(19(22)18(11)21)24-16(27)10-23-15(26)6-3-7-17-25-12-4-1-2-5-14(12)28-17/h1-2,4-5,8-9H,3,6-7,10H2,(H,23,26)(H,24,27). The second kappa shape index (κ2) is 8.83. The fourth-order valence-corrected chi connectivity index (χ4v) is 3.52. The van der Waals surface area contributed by atoms with Crippen LogP contribution < -0.4 is 10.6 Å². The number of carbonyl (C=O) groups excluding carboxylic acids is 2. The van der Waals surface area contributed by atoms with Crippen LogP contribution in [0, 0.1) is 17.5 Å². The third-order valence-corrected chi connectivity index (χ3v) is 4.98. The molecule has 0 aliphatic rings. The highest BCUT2D eigenvalue weighted by atomic mass is 32.1. The number of para-hydroxylation sites is 1. The number of hydrogen-bond donors (Lipinski definition) is 2. The van der Waals surface area contributed by atoms with Gasteiger partial charge >= 0.3 is 0 Å². The largest absolute Gasteiger partial charge is 0.347 e. The van der Waals surface area contributed by atoms with Gasteiger partial charge in [0, 0.05) is 6.42 Å². The van der Waals surface area contributed by atoms with Crippen molar-refractivity contribution in [3.05, 3.63) is 58.9 Å². The number of anilines is 1. The summed E-state index contributed by atoms with van der Waals surface area (Å²) < 4.78 is 40.6. The first-order valence-corrected chi connectivity index (χ1v) is 9.30. The molecule has 9 heteroatoms. The molecule has 0 aliphatic heterocycles. The molecule has 1 aromatic heterocycles. The Bertz CT molecular complexity index is 990. The summed E-state index contributed by atoms with van der Waals surface area (Å²) in [6, 6.07) is 9.37. The molecule has 2 amide bonds. The van der Waals surface area contributed by atoms with E-state index < -0.39 is 35.6 Å². The van der Waals surface area contributed by atoms with E-state index in [-0.39, 0.29) is 12.3 Å². The first-order valence-electron chi connectivity index (χ1n) is 8.48. The van der Waals surface area contributed by atoms with E-state index >= 15 is 0 Å². The van der Waals surface area contributed by atoms with Crippen molar-refractivity contribution in [3.63, 3.8) is 0 Å². The summed E-state index contributed by atoms with van der Waals surface area (Å²) >= 11 is 1.57. The predicted octanol–water partition coefficient (Wildman–Crippen LogP) is 3.79. The number of carbonyl (C=O) groups is 2. The summed E-state index contributed by atoms with van der Waals surface area (Å²) in [5.41, 5.74) is 0.432. The average molecular weight is 407 g/mol. The number of halogens is 3. The molecule has 0 atom stereocenters. The number of nitrogens with zero attached hydrogens (tertiary/aromatic N) is 1. The molecule has 0 fully saturated rings. The van der Waals surface area contributed by atoms with Crippen LogP contribution in [0.5, 0.6) is 0 Å². The Morgan fingerprint density at radius 2 is 1.79 bits per heavy atom. The Morgan fingerprint density at radius 3 is 2.57 bits per heavy atom. The van der Waals surface area contributed by atoms with Gasteiger partial charge in [-0.3, -0.25) is 9.59 Å². The first-order chi connectivity index (χ1) is 13.4. The van der Waals surface area contributed by atoms with Crippen molar-refractivity contribution in [1.82, 2.24) is 10.3 Å². The Kier molecular flexibility index (Phi) is 6.25. The van der Waals surface area contributed by atoms with Gasteiger partial charge in [-0.1, -0.05) is 12.1 Å². The minimum Gasteiger partial charge on any atom is -0.347 e. The summed E-state index contributed by atoms with van der Waals surface area (Å²) in [6.07, 6.45) is 1.40. The van der Waals surface area contributed by atoms with Crippen LogP contribution in [0.3, 0.4) is 0 Å². The van der Waals surface area contributed by atoms with E-state index in [4.69, 9.17) is 0 Å². The minimum atomic E-state index is -1.67. The summed E-state index contributed by atoms with van der Waals surface area (Å²) in [4.78, 5) is 28.1. The normalized spacial score (nSPS) is 10.8. The molecule has 1 heterocycles. The molecule has 0 spiro atoms. The average Bonchev–Trinajstić information content (AvgIpc) is 3.09. The molecule has 2 N–H and O–H groups in total. The fraction of sp³-hybridized carbons (Fsp3) is 0.211. The molecule has 3 aromatic rings. The fourth-order valence-electron chi connectivity index (χ4n) is 2.51. The van der Waals surface area contributed by atoms with Gasteiger partial charge in [0.1, 0.15) is 0 Å². The molecular formula is C19H16F3N3O2S. The lowest BCUT2D eigenvalue weighted by atomic mass is 10.2. The maximum atomic E-state index is 13.5. The molecule has 146 valence electrons. The Balaban J connectivity index is 1.41. The summed E-state index contributed by atoms with van der Waals surface area (Å²) in [5, 5.41) is 5.42. The smallest absolute Gasteiger partial charge is 0.243 e. The Morgan fingerprint density at radius 1 is 1.00 bits per heavy atom. The molecule has 5 nitrogen and oxygen atoms in total. The van der Waals surface area contributed by atoms with E-state index in [1.165, 1.54) is 0 Å². The minimum absolute atomic E-state index is 0.197. The predicted molar refractivity (Wildman–Crippen MR) is 101 cm³/mol. The molecular weight excluding hydrogens is 391 g/mol. The second-order valence-corrected chi connectivity index (χ2v) is 7.09. The van der Waals surface area contributed by atoms with Crippen molar-refractivity contribution in [2.45, 2.75) is 19.3 Å². The third-order valence-electron chi connectivity index (χ3n) is 3.89. The van der Waals surface area contributed by atoms with Crippen molar-refractivity contribution in [2.24, 2.45) is 0 Å². The van der Waals surface area contributed by atoms with E-state index in [2.05, 4.69) is 15.6 Å². The zero-order chi connectivity index (χ0) is 20.1. The van der Waals surface area contributed by atoms with Gasteiger partial charge in [-0.25, -0.2) is 18.2 Å². The highest BCUT2D eigenvalue weighted by Gasteiger charge is 2.15. The van der Waals surface area contributed by atoms with E-state index in [0.717, 1.165) is 21.3 Å².